The minimum absolute atomic E-state index is 0.0108. The third-order valence-corrected chi connectivity index (χ3v) is 6.49. The Bertz CT molecular complexity index is 1150. The molecule has 10 heteroatoms. The van der Waals surface area contributed by atoms with Gasteiger partial charge in [-0.25, -0.2) is 13.4 Å². The van der Waals surface area contributed by atoms with E-state index in [1.54, 1.807) is 12.1 Å². The van der Waals surface area contributed by atoms with Crippen molar-refractivity contribution >= 4 is 27.9 Å². The summed E-state index contributed by atoms with van der Waals surface area (Å²) in [4.78, 5) is 28.7. The van der Waals surface area contributed by atoms with Crippen molar-refractivity contribution in [1.29, 1.82) is 0 Å². The number of carbonyl (C=O) groups is 2. The first-order chi connectivity index (χ1) is 14.8. The topological polar surface area (TPSA) is 139 Å². The lowest BCUT2D eigenvalue weighted by Gasteiger charge is -2.26. The van der Waals surface area contributed by atoms with E-state index in [1.807, 2.05) is 0 Å². The molecule has 0 aromatic heterocycles. The number of carbonyl (C=O) groups excluding carboxylic acids is 2. The number of nitrogens with two attached hydrogens (primary N) is 1. The third kappa shape index (κ3) is 5.05. The zero-order chi connectivity index (χ0) is 22.4. The summed E-state index contributed by atoms with van der Waals surface area (Å²) in [6.45, 7) is 1.08. The molecule has 0 spiro atoms. The van der Waals surface area contributed by atoms with Gasteiger partial charge >= 0.3 is 0 Å². The van der Waals surface area contributed by atoms with E-state index in [0.717, 1.165) is 12.4 Å². The molecule has 1 aliphatic rings. The van der Waals surface area contributed by atoms with Crippen molar-refractivity contribution in [2.24, 2.45) is 10.7 Å². The second kappa shape index (κ2) is 9.65. The highest BCUT2D eigenvalue weighted by Crippen LogP contribution is 2.20. The number of hydrogen-bond acceptors (Lipinski definition) is 7. The van der Waals surface area contributed by atoms with Crippen molar-refractivity contribution < 1.29 is 27.9 Å². The number of benzene rings is 2. The van der Waals surface area contributed by atoms with E-state index in [9.17, 15) is 23.1 Å². The summed E-state index contributed by atoms with van der Waals surface area (Å²) in [6, 6.07) is 11.4. The summed E-state index contributed by atoms with van der Waals surface area (Å²) in [6.07, 6.45) is 1.96. The van der Waals surface area contributed by atoms with Gasteiger partial charge in [0.05, 0.1) is 29.2 Å². The summed E-state index contributed by atoms with van der Waals surface area (Å²) >= 11 is 0. The summed E-state index contributed by atoms with van der Waals surface area (Å²) in [5.74, 6) is -1.59. The van der Waals surface area contributed by atoms with Gasteiger partial charge in [-0.3, -0.25) is 9.59 Å². The van der Waals surface area contributed by atoms with Crippen LogP contribution in [0.3, 0.4) is 0 Å². The molecule has 1 fully saturated rings. The fourth-order valence-electron chi connectivity index (χ4n) is 2.93. The molecule has 1 saturated heterocycles. The Morgan fingerprint density at radius 2 is 1.81 bits per heavy atom. The molecular formula is C21H21N3O6S. The molecule has 0 saturated carbocycles. The Morgan fingerprint density at radius 1 is 1.10 bits per heavy atom. The highest BCUT2D eigenvalue weighted by atomic mass is 32.2. The quantitative estimate of drug-likeness (QED) is 0.390. The number of rotatable bonds is 6. The number of allylic oxidation sites excluding steroid dienone is 1. The van der Waals surface area contributed by atoms with Crippen LogP contribution in [0.2, 0.25) is 0 Å². The molecule has 3 N–H and O–H groups in total. The standard InChI is InChI=1S/C21H21N3O6S/c22-13-16(20(26)18-6-1-2-7-19(18)25)14-23-21(27)15-4-3-5-17(12-15)31(28,29)24-8-10-30-11-9-24/h1-7,12-14,25H,8-11,22H2. The van der Waals surface area contributed by atoms with Crippen LogP contribution in [-0.2, 0) is 14.8 Å². The number of amides is 1. The van der Waals surface area contributed by atoms with E-state index in [1.165, 1.54) is 40.7 Å². The summed E-state index contributed by atoms with van der Waals surface area (Å²) < 4.78 is 32.0. The summed E-state index contributed by atoms with van der Waals surface area (Å²) in [5, 5.41) is 9.83. The van der Waals surface area contributed by atoms with Crippen molar-refractivity contribution in [3.8, 4) is 5.75 Å². The van der Waals surface area contributed by atoms with E-state index in [-0.39, 0.29) is 40.4 Å². The lowest BCUT2D eigenvalue weighted by atomic mass is 10.0. The minimum Gasteiger partial charge on any atom is -0.507 e. The van der Waals surface area contributed by atoms with Gasteiger partial charge < -0.3 is 15.6 Å². The van der Waals surface area contributed by atoms with E-state index >= 15 is 0 Å². The number of ether oxygens (including phenoxy) is 1. The molecule has 0 aliphatic carbocycles. The van der Waals surface area contributed by atoms with Gasteiger partial charge in [0.2, 0.25) is 10.0 Å². The van der Waals surface area contributed by atoms with Crippen molar-refractivity contribution in [3.63, 3.8) is 0 Å². The Balaban J connectivity index is 1.80. The van der Waals surface area contributed by atoms with Gasteiger partial charge in [-0.05, 0) is 30.3 Å². The SMILES string of the molecule is NC=C(C=NC(=O)c1cccc(S(=O)(=O)N2CCOCC2)c1)C(=O)c1ccccc1O. The highest BCUT2D eigenvalue weighted by molar-refractivity contribution is 7.89. The highest BCUT2D eigenvalue weighted by Gasteiger charge is 2.26. The molecule has 0 atom stereocenters. The van der Waals surface area contributed by atoms with Crippen LogP contribution >= 0.6 is 0 Å². The zero-order valence-corrected chi connectivity index (χ0v) is 17.3. The van der Waals surface area contributed by atoms with E-state index < -0.39 is 21.7 Å². The maximum Gasteiger partial charge on any atom is 0.277 e. The average Bonchev–Trinajstić information content (AvgIpc) is 2.80. The molecule has 0 radical (unpaired) electrons. The Hall–Kier alpha value is -3.34. The lowest BCUT2D eigenvalue weighted by molar-refractivity contribution is 0.0730. The van der Waals surface area contributed by atoms with E-state index in [2.05, 4.69) is 4.99 Å². The van der Waals surface area contributed by atoms with Crippen LogP contribution in [0.25, 0.3) is 0 Å². The van der Waals surface area contributed by atoms with Crippen LogP contribution in [0.1, 0.15) is 20.7 Å². The first kappa shape index (κ1) is 22.3. The maximum atomic E-state index is 12.8. The van der Waals surface area contributed by atoms with E-state index in [4.69, 9.17) is 10.5 Å². The van der Waals surface area contributed by atoms with Gasteiger partial charge in [-0.15, -0.1) is 0 Å². The molecule has 2 aromatic rings. The number of morpholine rings is 1. The molecule has 9 nitrogen and oxygen atoms in total. The maximum absolute atomic E-state index is 12.8. The van der Waals surface area contributed by atoms with Crippen LogP contribution in [0.15, 0.2) is 70.2 Å². The molecule has 0 bridgehead atoms. The molecule has 3 rings (SSSR count). The van der Waals surface area contributed by atoms with Gasteiger partial charge in [0.25, 0.3) is 5.91 Å². The first-order valence-electron chi connectivity index (χ1n) is 9.35. The fraction of sp³-hybridized carbons (Fsp3) is 0.190. The number of phenolic OH excluding ortho intramolecular Hbond substituents is 1. The summed E-state index contributed by atoms with van der Waals surface area (Å²) in [7, 11) is -3.77. The van der Waals surface area contributed by atoms with Gasteiger partial charge in [0.15, 0.2) is 5.78 Å². The van der Waals surface area contributed by atoms with Crippen LogP contribution in [0.5, 0.6) is 5.75 Å². The number of aliphatic imine (C=N–C) groups is 1. The van der Waals surface area contributed by atoms with Gasteiger partial charge in [-0.1, -0.05) is 18.2 Å². The second-order valence-electron chi connectivity index (χ2n) is 6.58. The molecule has 0 unspecified atom stereocenters. The molecule has 1 heterocycles. The van der Waals surface area contributed by atoms with Gasteiger partial charge in [0.1, 0.15) is 5.75 Å². The Kier molecular flexibility index (Phi) is 6.95. The monoisotopic (exact) mass is 443 g/mol. The molecule has 1 amide bonds. The number of phenols is 1. The average molecular weight is 443 g/mol. The molecular weight excluding hydrogens is 422 g/mol. The number of nitrogens with zero attached hydrogens (tertiary/aromatic N) is 2. The molecule has 2 aromatic carbocycles. The zero-order valence-electron chi connectivity index (χ0n) is 16.5. The predicted octanol–water partition coefficient (Wildman–Crippen LogP) is 1.35. The van der Waals surface area contributed by atoms with Gasteiger partial charge in [0, 0.05) is 31.1 Å². The minimum atomic E-state index is -3.77. The van der Waals surface area contributed by atoms with Crippen LogP contribution < -0.4 is 5.73 Å². The van der Waals surface area contributed by atoms with Crippen LogP contribution in [-0.4, -0.2) is 62.0 Å². The normalized spacial score (nSPS) is 15.8. The number of ketones is 1. The second-order valence-corrected chi connectivity index (χ2v) is 8.51. The van der Waals surface area contributed by atoms with Crippen molar-refractivity contribution in [3.05, 3.63) is 71.4 Å². The number of Topliss-reactive ketones (excluding diaryl/α,β-unsaturated/α-hetero) is 1. The Labute approximate surface area is 179 Å². The number of hydrogen-bond donors (Lipinski definition) is 2. The number of aromatic hydroxyl groups is 1. The predicted molar refractivity (Wildman–Crippen MR) is 114 cm³/mol. The lowest BCUT2D eigenvalue weighted by Crippen LogP contribution is -2.40. The fourth-order valence-corrected chi connectivity index (χ4v) is 4.38. The first-order valence-corrected chi connectivity index (χ1v) is 10.8. The van der Waals surface area contributed by atoms with Crippen molar-refractivity contribution in [1.82, 2.24) is 4.31 Å². The third-order valence-electron chi connectivity index (χ3n) is 4.60. The van der Waals surface area contributed by atoms with E-state index in [0.29, 0.717) is 13.2 Å². The smallest absolute Gasteiger partial charge is 0.277 e. The van der Waals surface area contributed by atoms with Crippen molar-refractivity contribution in [2.75, 3.05) is 26.3 Å². The van der Waals surface area contributed by atoms with Crippen LogP contribution in [0, 0.1) is 0 Å². The van der Waals surface area contributed by atoms with Crippen LogP contribution in [0.4, 0.5) is 0 Å². The molecule has 31 heavy (non-hydrogen) atoms. The largest absolute Gasteiger partial charge is 0.507 e. The van der Waals surface area contributed by atoms with Gasteiger partial charge in [-0.2, -0.15) is 4.31 Å². The number of para-hydroxylation sites is 1. The Morgan fingerprint density at radius 3 is 2.48 bits per heavy atom. The molecule has 162 valence electrons. The van der Waals surface area contributed by atoms with Crippen molar-refractivity contribution in [2.45, 2.75) is 4.90 Å². The molecule has 1 aliphatic heterocycles. The summed E-state index contributed by atoms with van der Waals surface area (Å²) in [5.41, 5.74) is 5.43. The number of sulfonamides is 1.